The average molecular weight is 294 g/mol. The van der Waals surface area contributed by atoms with E-state index in [1.807, 2.05) is 43.0 Å². The van der Waals surface area contributed by atoms with Crippen molar-refractivity contribution in [2.24, 2.45) is 7.05 Å². The summed E-state index contributed by atoms with van der Waals surface area (Å²) in [7, 11) is 3.85. The number of nitrogens with one attached hydrogen (secondary N) is 1. The van der Waals surface area contributed by atoms with Gasteiger partial charge < -0.3 is 10.1 Å². The van der Waals surface area contributed by atoms with E-state index in [-0.39, 0.29) is 6.04 Å². The van der Waals surface area contributed by atoms with Gasteiger partial charge in [0.05, 0.1) is 11.6 Å². The summed E-state index contributed by atoms with van der Waals surface area (Å²) in [6.45, 7) is 2.68. The Hall–Kier alpha value is -1.52. The molecule has 0 spiro atoms. The number of ether oxygens (including phenoxy) is 1. The van der Waals surface area contributed by atoms with E-state index in [0.717, 1.165) is 23.4 Å². The number of hydrogen-bond acceptors (Lipinski definition) is 3. The molecule has 0 aliphatic rings. The quantitative estimate of drug-likeness (QED) is 0.890. The summed E-state index contributed by atoms with van der Waals surface area (Å²) in [6, 6.07) is 8.17. The molecule has 0 saturated carbocycles. The highest BCUT2D eigenvalue weighted by atomic mass is 35.5. The SMILES string of the molecule is CNC(C)c1ccc(OCCc2ccnn2C)c(Cl)c1. The Morgan fingerprint density at radius 3 is 2.80 bits per heavy atom. The number of rotatable bonds is 6. The minimum absolute atomic E-state index is 0.274. The van der Waals surface area contributed by atoms with Gasteiger partial charge in [-0.1, -0.05) is 17.7 Å². The summed E-state index contributed by atoms with van der Waals surface area (Å²) < 4.78 is 7.59. The molecule has 0 radical (unpaired) electrons. The van der Waals surface area contributed by atoms with Crippen molar-refractivity contribution in [2.45, 2.75) is 19.4 Å². The van der Waals surface area contributed by atoms with Gasteiger partial charge in [0.2, 0.25) is 0 Å². The normalized spacial score (nSPS) is 12.4. The average Bonchev–Trinajstić information content (AvgIpc) is 2.85. The van der Waals surface area contributed by atoms with E-state index in [0.29, 0.717) is 11.6 Å². The molecule has 2 rings (SSSR count). The van der Waals surface area contributed by atoms with Crippen molar-refractivity contribution >= 4 is 11.6 Å². The van der Waals surface area contributed by atoms with Crippen molar-refractivity contribution in [3.05, 3.63) is 46.7 Å². The number of benzene rings is 1. The zero-order chi connectivity index (χ0) is 14.5. The fourth-order valence-corrected chi connectivity index (χ4v) is 2.23. The van der Waals surface area contributed by atoms with Crippen LogP contribution in [-0.4, -0.2) is 23.4 Å². The molecular formula is C15H20ClN3O. The fourth-order valence-electron chi connectivity index (χ4n) is 1.98. The van der Waals surface area contributed by atoms with Gasteiger partial charge in [-0.2, -0.15) is 5.10 Å². The maximum Gasteiger partial charge on any atom is 0.137 e. The summed E-state index contributed by atoms with van der Waals surface area (Å²) >= 11 is 6.25. The minimum Gasteiger partial charge on any atom is -0.492 e. The van der Waals surface area contributed by atoms with Gasteiger partial charge in [-0.15, -0.1) is 0 Å². The van der Waals surface area contributed by atoms with Crippen LogP contribution in [0.1, 0.15) is 24.2 Å². The lowest BCUT2D eigenvalue weighted by molar-refractivity contribution is 0.318. The van der Waals surface area contributed by atoms with Gasteiger partial charge in [0.25, 0.3) is 0 Å². The van der Waals surface area contributed by atoms with E-state index >= 15 is 0 Å². The Bertz CT molecular complexity index is 568. The molecule has 0 saturated heterocycles. The summed E-state index contributed by atoms with van der Waals surface area (Å²) in [6.07, 6.45) is 2.59. The van der Waals surface area contributed by atoms with Crippen molar-refractivity contribution in [1.29, 1.82) is 0 Å². The van der Waals surface area contributed by atoms with E-state index in [4.69, 9.17) is 16.3 Å². The summed E-state index contributed by atoms with van der Waals surface area (Å²) in [5.41, 5.74) is 2.29. The molecule has 1 unspecified atom stereocenters. The number of aryl methyl sites for hydroxylation is 1. The van der Waals surface area contributed by atoms with Crippen LogP contribution in [0.5, 0.6) is 5.75 Å². The van der Waals surface area contributed by atoms with Crippen molar-refractivity contribution in [1.82, 2.24) is 15.1 Å². The van der Waals surface area contributed by atoms with Crippen molar-refractivity contribution < 1.29 is 4.74 Å². The highest BCUT2D eigenvalue weighted by Crippen LogP contribution is 2.27. The van der Waals surface area contributed by atoms with Gasteiger partial charge >= 0.3 is 0 Å². The van der Waals surface area contributed by atoms with Crippen LogP contribution in [0.4, 0.5) is 0 Å². The lowest BCUT2D eigenvalue weighted by Gasteiger charge is -2.13. The number of aromatic nitrogens is 2. The van der Waals surface area contributed by atoms with Crippen LogP contribution in [0.2, 0.25) is 5.02 Å². The summed E-state index contributed by atoms with van der Waals surface area (Å²) in [5, 5.41) is 7.96. The predicted octanol–water partition coefficient (Wildman–Crippen LogP) is 2.98. The zero-order valence-corrected chi connectivity index (χ0v) is 12.8. The number of halogens is 1. The highest BCUT2D eigenvalue weighted by Gasteiger charge is 2.08. The third kappa shape index (κ3) is 3.52. The summed E-state index contributed by atoms with van der Waals surface area (Å²) in [5.74, 6) is 0.723. The fraction of sp³-hybridized carbons (Fsp3) is 0.400. The molecule has 1 heterocycles. The second kappa shape index (κ2) is 6.77. The Morgan fingerprint density at radius 2 is 2.20 bits per heavy atom. The minimum atomic E-state index is 0.274. The standard InChI is InChI=1S/C15H20ClN3O/c1-11(17-2)12-4-5-15(14(16)10-12)20-9-7-13-6-8-18-19(13)3/h4-6,8,10-11,17H,7,9H2,1-3H3. The van der Waals surface area contributed by atoms with Crippen molar-refractivity contribution in [2.75, 3.05) is 13.7 Å². The molecule has 108 valence electrons. The number of nitrogens with zero attached hydrogens (tertiary/aromatic N) is 2. The Kier molecular flexibility index (Phi) is 5.04. The van der Waals surface area contributed by atoms with Crippen LogP contribution < -0.4 is 10.1 Å². The topological polar surface area (TPSA) is 39.1 Å². The van der Waals surface area contributed by atoms with Crippen LogP contribution in [0, 0.1) is 0 Å². The first-order chi connectivity index (χ1) is 9.61. The molecule has 1 atom stereocenters. The first-order valence-corrected chi connectivity index (χ1v) is 7.06. The van der Waals surface area contributed by atoms with Gasteiger partial charge in [-0.3, -0.25) is 4.68 Å². The van der Waals surface area contributed by atoms with Gasteiger partial charge in [0.1, 0.15) is 5.75 Å². The third-order valence-electron chi connectivity index (χ3n) is 3.43. The Morgan fingerprint density at radius 1 is 1.40 bits per heavy atom. The molecule has 0 aliphatic heterocycles. The smallest absolute Gasteiger partial charge is 0.137 e. The molecule has 0 bridgehead atoms. The maximum atomic E-state index is 6.25. The molecular weight excluding hydrogens is 274 g/mol. The monoisotopic (exact) mass is 293 g/mol. The zero-order valence-electron chi connectivity index (χ0n) is 12.1. The molecule has 1 aromatic heterocycles. The first-order valence-electron chi connectivity index (χ1n) is 6.68. The van der Waals surface area contributed by atoms with Crippen molar-refractivity contribution in [3.63, 3.8) is 0 Å². The second-order valence-corrected chi connectivity index (χ2v) is 5.15. The van der Waals surface area contributed by atoms with Crippen LogP contribution in [-0.2, 0) is 13.5 Å². The Balaban J connectivity index is 1.95. The van der Waals surface area contributed by atoms with Crippen LogP contribution in [0.25, 0.3) is 0 Å². The molecule has 0 fully saturated rings. The highest BCUT2D eigenvalue weighted by molar-refractivity contribution is 6.32. The van der Waals surface area contributed by atoms with Crippen molar-refractivity contribution in [3.8, 4) is 5.75 Å². The molecule has 20 heavy (non-hydrogen) atoms. The molecule has 0 amide bonds. The second-order valence-electron chi connectivity index (χ2n) is 4.74. The van der Waals surface area contributed by atoms with Crippen LogP contribution in [0.3, 0.4) is 0 Å². The lowest BCUT2D eigenvalue weighted by atomic mass is 10.1. The molecule has 1 N–H and O–H groups in total. The molecule has 2 aromatic rings. The van der Waals surface area contributed by atoms with Gasteiger partial charge in [-0.05, 0) is 37.7 Å². The summed E-state index contributed by atoms with van der Waals surface area (Å²) in [4.78, 5) is 0. The van der Waals surface area contributed by atoms with Gasteiger partial charge in [-0.25, -0.2) is 0 Å². The van der Waals surface area contributed by atoms with E-state index in [2.05, 4.69) is 17.3 Å². The third-order valence-corrected chi connectivity index (χ3v) is 3.72. The lowest BCUT2D eigenvalue weighted by Crippen LogP contribution is -2.12. The van der Waals surface area contributed by atoms with Gasteiger partial charge in [0, 0.05) is 31.4 Å². The van der Waals surface area contributed by atoms with E-state index in [1.54, 1.807) is 6.20 Å². The van der Waals surface area contributed by atoms with E-state index in [1.165, 1.54) is 0 Å². The molecule has 0 aliphatic carbocycles. The molecule has 5 heteroatoms. The number of hydrogen-bond donors (Lipinski definition) is 1. The Labute approximate surface area is 124 Å². The molecule has 4 nitrogen and oxygen atoms in total. The van der Waals surface area contributed by atoms with Gasteiger partial charge in [0.15, 0.2) is 0 Å². The van der Waals surface area contributed by atoms with Crippen LogP contribution >= 0.6 is 11.6 Å². The van der Waals surface area contributed by atoms with E-state index < -0.39 is 0 Å². The van der Waals surface area contributed by atoms with Crippen LogP contribution in [0.15, 0.2) is 30.5 Å². The predicted molar refractivity (Wildman–Crippen MR) is 81.3 cm³/mol. The first kappa shape index (κ1) is 14.9. The van der Waals surface area contributed by atoms with E-state index in [9.17, 15) is 0 Å². The molecule has 1 aromatic carbocycles. The maximum absolute atomic E-state index is 6.25. The largest absolute Gasteiger partial charge is 0.492 e.